The van der Waals surface area contributed by atoms with Crippen molar-refractivity contribution in [1.82, 2.24) is 5.32 Å². The van der Waals surface area contributed by atoms with E-state index in [0.717, 1.165) is 19.3 Å². The molecule has 18 heavy (non-hydrogen) atoms. The van der Waals surface area contributed by atoms with Crippen LogP contribution in [-0.4, -0.2) is 23.7 Å². The fourth-order valence-electron chi connectivity index (χ4n) is 3.02. The number of aliphatic hydroxyl groups excluding tert-OH is 1. The van der Waals surface area contributed by atoms with Crippen molar-refractivity contribution in [3.8, 4) is 0 Å². The zero-order chi connectivity index (χ0) is 13.6. The zero-order valence-corrected chi connectivity index (χ0v) is 12.2. The Balaban J connectivity index is 2.44. The van der Waals surface area contributed by atoms with Crippen LogP contribution < -0.4 is 5.32 Å². The van der Waals surface area contributed by atoms with E-state index in [2.05, 4.69) is 26.1 Å². The van der Waals surface area contributed by atoms with Crippen molar-refractivity contribution in [1.29, 1.82) is 0 Å². The van der Waals surface area contributed by atoms with Gasteiger partial charge in [-0.05, 0) is 37.0 Å². The smallest absolute Gasteiger partial charge is 0.220 e. The van der Waals surface area contributed by atoms with Crippen molar-refractivity contribution in [2.45, 2.75) is 71.8 Å². The van der Waals surface area contributed by atoms with Crippen LogP contribution in [-0.2, 0) is 4.79 Å². The molecule has 1 amide bonds. The van der Waals surface area contributed by atoms with Gasteiger partial charge in [-0.25, -0.2) is 0 Å². The molecule has 2 unspecified atom stereocenters. The third-order valence-corrected chi connectivity index (χ3v) is 4.04. The van der Waals surface area contributed by atoms with E-state index in [-0.39, 0.29) is 17.9 Å². The second-order valence-electron chi connectivity index (χ2n) is 6.61. The van der Waals surface area contributed by atoms with Crippen LogP contribution in [0.5, 0.6) is 0 Å². The molecule has 1 aliphatic rings. The lowest BCUT2D eigenvalue weighted by Crippen LogP contribution is -2.46. The lowest BCUT2D eigenvalue weighted by Gasteiger charge is -2.40. The number of hydrogen-bond donors (Lipinski definition) is 2. The van der Waals surface area contributed by atoms with Crippen LogP contribution in [0.4, 0.5) is 0 Å². The van der Waals surface area contributed by atoms with Crippen molar-refractivity contribution in [2.75, 3.05) is 6.61 Å². The summed E-state index contributed by atoms with van der Waals surface area (Å²) in [6, 6.07) is 0.348. The first-order valence-electron chi connectivity index (χ1n) is 7.35. The molecule has 0 aromatic rings. The second kappa shape index (κ2) is 7.13. The third kappa shape index (κ3) is 4.97. The summed E-state index contributed by atoms with van der Waals surface area (Å²) in [6.45, 7) is 7.00. The van der Waals surface area contributed by atoms with Crippen molar-refractivity contribution >= 4 is 5.91 Å². The van der Waals surface area contributed by atoms with Gasteiger partial charge in [-0.1, -0.05) is 33.6 Å². The van der Waals surface area contributed by atoms with Crippen molar-refractivity contribution in [3.05, 3.63) is 0 Å². The van der Waals surface area contributed by atoms with Crippen molar-refractivity contribution < 1.29 is 9.90 Å². The normalized spacial score (nSPS) is 24.9. The van der Waals surface area contributed by atoms with Gasteiger partial charge in [0.25, 0.3) is 0 Å². The standard InChI is InChI=1S/C15H29NO2/c1-15(2,3)12-8-4-5-9-13(12)16-14(18)10-6-7-11-17/h12-13,17H,4-11H2,1-3H3,(H,16,18). The van der Waals surface area contributed by atoms with Crippen molar-refractivity contribution in [2.24, 2.45) is 11.3 Å². The van der Waals surface area contributed by atoms with Crippen LogP contribution in [0.25, 0.3) is 0 Å². The van der Waals surface area contributed by atoms with E-state index in [0.29, 0.717) is 18.4 Å². The van der Waals surface area contributed by atoms with Gasteiger partial charge in [-0.2, -0.15) is 0 Å². The first-order chi connectivity index (χ1) is 8.45. The summed E-state index contributed by atoms with van der Waals surface area (Å²) in [7, 11) is 0. The van der Waals surface area contributed by atoms with Crippen LogP contribution in [0.1, 0.15) is 65.7 Å². The number of nitrogens with one attached hydrogen (secondary N) is 1. The lowest BCUT2D eigenvalue weighted by molar-refractivity contribution is -0.122. The fourth-order valence-corrected chi connectivity index (χ4v) is 3.02. The van der Waals surface area contributed by atoms with Gasteiger partial charge in [0, 0.05) is 19.1 Å². The molecule has 3 nitrogen and oxygen atoms in total. The Hall–Kier alpha value is -0.570. The molecule has 0 aliphatic heterocycles. The average Bonchev–Trinajstić information content (AvgIpc) is 2.28. The zero-order valence-electron chi connectivity index (χ0n) is 12.2. The molecule has 0 bridgehead atoms. The molecule has 0 radical (unpaired) electrons. The predicted octanol–water partition coefficient (Wildman–Crippen LogP) is 2.87. The van der Waals surface area contributed by atoms with Gasteiger partial charge in [0.15, 0.2) is 0 Å². The van der Waals surface area contributed by atoms with Crippen molar-refractivity contribution in [3.63, 3.8) is 0 Å². The largest absolute Gasteiger partial charge is 0.396 e. The molecular weight excluding hydrogens is 226 g/mol. The number of aliphatic hydroxyl groups is 1. The van der Waals surface area contributed by atoms with E-state index in [9.17, 15) is 4.79 Å². The highest BCUT2D eigenvalue weighted by Crippen LogP contribution is 2.37. The Bertz CT molecular complexity index is 258. The first kappa shape index (κ1) is 15.5. The highest BCUT2D eigenvalue weighted by Gasteiger charge is 2.34. The van der Waals surface area contributed by atoms with Gasteiger partial charge < -0.3 is 10.4 Å². The molecular formula is C15H29NO2. The molecule has 0 saturated heterocycles. The van der Waals surface area contributed by atoms with Crippen LogP contribution >= 0.6 is 0 Å². The third-order valence-electron chi connectivity index (χ3n) is 4.04. The summed E-state index contributed by atoms with van der Waals surface area (Å²) >= 11 is 0. The number of unbranched alkanes of at least 4 members (excludes halogenated alkanes) is 1. The Morgan fingerprint density at radius 2 is 1.89 bits per heavy atom. The highest BCUT2D eigenvalue weighted by molar-refractivity contribution is 5.76. The number of carbonyl (C=O) groups excluding carboxylic acids is 1. The summed E-state index contributed by atoms with van der Waals surface area (Å²) in [5, 5.41) is 11.9. The molecule has 1 rings (SSSR count). The Morgan fingerprint density at radius 1 is 1.22 bits per heavy atom. The van der Waals surface area contributed by atoms with E-state index in [4.69, 9.17) is 5.11 Å². The lowest BCUT2D eigenvalue weighted by atomic mass is 9.69. The van der Waals surface area contributed by atoms with Gasteiger partial charge in [-0.15, -0.1) is 0 Å². The summed E-state index contributed by atoms with van der Waals surface area (Å²) in [6.07, 6.45) is 6.93. The number of hydrogen-bond acceptors (Lipinski definition) is 2. The van der Waals surface area contributed by atoms with Crippen LogP contribution in [0, 0.1) is 11.3 Å². The Morgan fingerprint density at radius 3 is 2.50 bits per heavy atom. The molecule has 0 aromatic heterocycles. The maximum Gasteiger partial charge on any atom is 0.220 e. The topological polar surface area (TPSA) is 49.3 Å². The monoisotopic (exact) mass is 255 g/mol. The average molecular weight is 255 g/mol. The molecule has 0 aromatic carbocycles. The number of amides is 1. The maximum atomic E-state index is 11.9. The van der Waals surface area contributed by atoms with E-state index in [1.807, 2.05) is 0 Å². The summed E-state index contributed by atoms with van der Waals surface area (Å²) < 4.78 is 0. The molecule has 106 valence electrons. The van der Waals surface area contributed by atoms with Gasteiger partial charge in [0.1, 0.15) is 0 Å². The van der Waals surface area contributed by atoms with Gasteiger partial charge in [0.05, 0.1) is 0 Å². The predicted molar refractivity (Wildman–Crippen MR) is 74.3 cm³/mol. The molecule has 1 aliphatic carbocycles. The van der Waals surface area contributed by atoms with E-state index in [1.54, 1.807) is 0 Å². The molecule has 2 atom stereocenters. The van der Waals surface area contributed by atoms with Crippen LogP contribution in [0.15, 0.2) is 0 Å². The summed E-state index contributed by atoms with van der Waals surface area (Å²) in [5.41, 5.74) is 0.267. The minimum Gasteiger partial charge on any atom is -0.396 e. The van der Waals surface area contributed by atoms with Gasteiger partial charge in [0.2, 0.25) is 5.91 Å². The summed E-state index contributed by atoms with van der Waals surface area (Å²) in [4.78, 5) is 11.9. The van der Waals surface area contributed by atoms with E-state index >= 15 is 0 Å². The molecule has 1 saturated carbocycles. The minimum atomic E-state index is 0.157. The molecule has 3 heteroatoms. The highest BCUT2D eigenvalue weighted by atomic mass is 16.2. The quantitative estimate of drug-likeness (QED) is 0.742. The Labute approximate surface area is 111 Å². The second-order valence-corrected chi connectivity index (χ2v) is 6.61. The SMILES string of the molecule is CC(C)(C)C1CCCCC1NC(=O)CCCCO. The molecule has 2 N–H and O–H groups in total. The number of rotatable bonds is 5. The van der Waals surface area contributed by atoms with Crippen LogP contribution in [0.2, 0.25) is 0 Å². The molecule has 1 fully saturated rings. The molecule has 0 spiro atoms. The van der Waals surface area contributed by atoms with Crippen LogP contribution in [0.3, 0.4) is 0 Å². The Kier molecular flexibility index (Phi) is 6.13. The number of carbonyl (C=O) groups is 1. The molecule has 0 heterocycles. The van der Waals surface area contributed by atoms with Gasteiger partial charge in [-0.3, -0.25) is 4.79 Å². The first-order valence-corrected chi connectivity index (χ1v) is 7.35. The van der Waals surface area contributed by atoms with Gasteiger partial charge >= 0.3 is 0 Å². The maximum absolute atomic E-state index is 11.9. The van der Waals surface area contributed by atoms with E-state index < -0.39 is 0 Å². The minimum absolute atomic E-state index is 0.157. The summed E-state index contributed by atoms with van der Waals surface area (Å²) in [5.74, 6) is 0.748. The fraction of sp³-hybridized carbons (Fsp3) is 0.933. The van der Waals surface area contributed by atoms with E-state index in [1.165, 1.54) is 19.3 Å².